The first kappa shape index (κ1) is 13.6. The molecule has 1 heterocycles. The molecule has 0 aliphatic heterocycles. The van der Waals surface area contributed by atoms with Crippen LogP contribution in [0.3, 0.4) is 0 Å². The fourth-order valence-corrected chi connectivity index (χ4v) is 1.86. The van der Waals surface area contributed by atoms with Gasteiger partial charge in [-0.1, -0.05) is 29.8 Å². The largest absolute Gasteiger partial charge is 0.493 e. The Hall–Kier alpha value is -1.78. The minimum atomic E-state index is -0.741. The monoisotopic (exact) mass is 278 g/mol. The Bertz CT molecular complexity index is 534. The third-order valence-electron chi connectivity index (χ3n) is 2.68. The second-order valence-corrected chi connectivity index (χ2v) is 4.53. The summed E-state index contributed by atoms with van der Waals surface area (Å²) in [5, 5.41) is 10.5. The van der Waals surface area contributed by atoms with Crippen molar-refractivity contribution in [1.82, 2.24) is 4.98 Å². The molecule has 100 valence electrons. The first-order chi connectivity index (χ1) is 9.16. The van der Waals surface area contributed by atoms with Crippen molar-refractivity contribution in [3.8, 4) is 5.75 Å². The van der Waals surface area contributed by atoms with E-state index in [0.29, 0.717) is 23.6 Å². The van der Waals surface area contributed by atoms with E-state index in [1.807, 2.05) is 30.3 Å². The summed E-state index contributed by atoms with van der Waals surface area (Å²) in [6, 6.07) is 11.1. The molecule has 0 aliphatic rings. The molecule has 2 aromatic rings. The summed E-state index contributed by atoms with van der Waals surface area (Å²) in [6.07, 6.45) is 1.13. The summed E-state index contributed by atoms with van der Waals surface area (Å²) in [5.41, 5.74) is 6.23. The van der Waals surface area contributed by atoms with E-state index in [1.54, 1.807) is 6.07 Å². The zero-order valence-electron chi connectivity index (χ0n) is 10.3. The SMILES string of the molecule is Nc1ncc(Cl)cc1C(O)CCOc1ccccc1. The molecule has 1 unspecified atom stereocenters. The highest BCUT2D eigenvalue weighted by atomic mass is 35.5. The standard InChI is InChI=1S/C14H15ClN2O2/c15-10-8-12(14(16)17-9-10)13(18)6-7-19-11-4-2-1-3-5-11/h1-5,8-9,13,18H,6-7H2,(H2,16,17). The first-order valence-corrected chi connectivity index (χ1v) is 6.31. The fraction of sp³-hybridized carbons (Fsp3) is 0.214. The van der Waals surface area contributed by atoms with Crippen LogP contribution < -0.4 is 10.5 Å². The van der Waals surface area contributed by atoms with Gasteiger partial charge >= 0.3 is 0 Å². The number of rotatable bonds is 5. The average Bonchev–Trinajstić information content (AvgIpc) is 2.42. The summed E-state index contributed by atoms with van der Waals surface area (Å²) < 4.78 is 5.51. The smallest absolute Gasteiger partial charge is 0.129 e. The molecule has 19 heavy (non-hydrogen) atoms. The number of aliphatic hydroxyl groups is 1. The molecular formula is C14H15ClN2O2. The lowest BCUT2D eigenvalue weighted by molar-refractivity contribution is 0.141. The lowest BCUT2D eigenvalue weighted by Gasteiger charge is -2.13. The zero-order chi connectivity index (χ0) is 13.7. The molecule has 0 spiro atoms. The topological polar surface area (TPSA) is 68.4 Å². The van der Waals surface area contributed by atoms with Crippen LogP contribution in [0.2, 0.25) is 5.02 Å². The van der Waals surface area contributed by atoms with Gasteiger partial charge in [-0.05, 0) is 18.2 Å². The molecule has 0 radical (unpaired) electrons. The van der Waals surface area contributed by atoms with E-state index in [1.165, 1.54) is 6.20 Å². The van der Waals surface area contributed by atoms with E-state index in [9.17, 15) is 5.11 Å². The number of benzene rings is 1. The Morgan fingerprint density at radius 3 is 2.79 bits per heavy atom. The van der Waals surface area contributed by atoms with Crippen LogP contribution >= 0.6 is 11.6 Å². The number of aromatic nitrogens is 1. The first-order valence-electron chi connectivity index (χ1n) is 5.93. The molecule has 0 amide bonds. The number of nitrogen functional groups attached to an aromatic ring is 1. The number of ether oxygens (including phenoxy) is 1. The Morgan fingerprint density at radius 1 is 1.32 bits per heavy atom. The number of para-hydroxylation sites is 1. The molecule has 1 aromatic heterocycles. The van der Waals surface area contributed by atoms with Gasteiger partial charge in [0.2, 0.25) is 0 Å². The predicted molar refractivity (Wildman–Crippen MR) is 75.2 cm³/mol. The minimum absolute atomic E-state index is 0.289. The Morgan fingerprint density at radius 2 is 2.05 bits per heavy atom. The van der Waals surface area contributed by atoms with Crippen molar-refractivity contribution in [2.24, 2.45) is 0 Å². The maximum absolute atomic E-state index is 10.0. The van der Waals surface area contributed by atoms with E-state index >= 15 is 0 Å². The predicted octanol–water partition coefficient (Wildman–Crippen LogP) is 2.82. The van der Waals surface area contributed by atoms with Crippen LogP contribution in [0, 0.1) is 0 Å². The summed E-state index contributed by atoms with van der Waals surface area (Å²) in [7, 11) is 0. The van der Waals surface area contributed by atoms with Crippen molar-refractivity contribution in [1.29, 1.82) is 0 Å². The number of anilines is 1. The van der Waals surface area contributed by atoms with Crippen LogP contribution in [-0.2, 0) is 0 Å². The van der Waals surface area contributed by atoms with Crippen molar-refractivity contribution in [3.63, 3.8) is 0 Å². The molecule has 0 saturated carbocycles. The van der Waals surface area contributed by atoms with Gasteiger partial charge in [0.15, 0.2) is 0 Å². The van der Waals surface area contributed by atoms with Crippen LogP contribution in [0.1, 0.15) is 18.1 Å². The van der Waals surface area contributed by atoms with E-state index in [2.05, 4.69) is 4.98 Å². The van der Waals surface area contributed by atoms with Crippen molar-refractivity contribution < 1.29 is 9.84 Å². The molecule has 4 nitrogen and oxygen atoms in total. The number of nitrogens with zero attached hydrogens (tertiary/aromatic N) is 1. The Kier molecular flexibility index (Phi) is 4.60. The van der Waals surface area contributed by atoms with Crippen molar-refractivity contribution in [2.75, 3.05) is 12.3 Å². The molecule has 0 bridgehead atoms. The summed E-state index contributed by atoms with van der Waals surface area (Å²) >= 11 is 5.83. The normalized spacial score (nSPS) is 12.1. The van der Waals surface area contributed by atoms with E-state index < -0.39 is 6.10 Å². The molecule has 3 N–H and O–H groups in total. The average molecular weight is 279 g/mol. The van der Waals surface area contributed by atoms with Gasteiger partial charge in [0.1, 0.15) is 11.6 Å². The highest BCUT2D eigenvalue weighted by Crippen LogP contribution is 2.24. The highest BCUT2D eigenvalue weighted by Gasteiger charge is 2.12. The van der Waals surface area contributed by atoms with Gasteiger partial charge in [-0.2, -0.15) is 0 Å². The Balaban J connectivity index is 1.91. The number of aliphatic hydroxyl groups excluding tert-OH is 1. The summed E-state index contributed by atoms with van der Waals surface area (Å²) in [5.74, 6) is 1.06. The van der Waals surface area contributed by atoms with Crippen LogP contribution in [-0.4, -0.2) is 16.7 Å². The van der Waals surface area contributed by atoms with Gasteiger partial charge < -0.3 is 15.6 Å². The molecule has 1 atom stereocenters. The van der Waals surface area contributed by atoms with E-state index in [4.69, 9.17) is 22.1 Å². The quantitative estimate of drug-likeness (QED) is 0.882. The molecule has 5 heteroatoms. The fourth-order valence-electron chi connectivity index (χ4n) is 1.69. The molecule has 0 saturated heterocycles. The maximum Gasteiger partial charge on any atom is 0.129 e. The second kappa shape index (κ2) is 6.41. The molecule has 2 rings (SSSR count). The van der Waals surface area contributed by atoms with E-state index in [0.717, 1.165) is 5.75 Å². The van der Waals surface area contributed by atoms with Crippen LogP contribution in [0.15, 0.2) is 42.6 Å². The lowest BCUT2D eigenvalue weighted by atomic mass is 10.1. The number of nitrogens with two attached hydrogens (primary N) is 1. The number of halogens is 1. The maximum atomic E-state index is 10.0. The molecular weight excluding hydrogens is 264 g/mol. The lowest BCUT2D eigenvalue weighted by Crippen LogP contribution is -2.08. The highest BCUT2D eigenvalue weighted by molar-refractivity contribution is 6.30. The zero-order valence-corrected chi connectivity index (χ0v) is 11.0. The second-order valence-electron chi connectivity index (χ2n) is 4.09. The van der Waals surface area contributed by atoms with Crippen LogP contribution in [0.5, 0.6) is 5.75 Å². The van der Waals surface area contributed by atoms with Crippen molar-refractivity contribution in [3.05, 3.63) is 53.2 Å². The van der Waals surface area contributed by atoms with Crippen LogP contribution in [0.4, 0.5) is 5.82 Å². The van der Waals surface area contributed by atoms with Crippen LogP contribution in [0.25, 0.3) is 0 Å². The van der Waals surface area contributed by atoms with Gasteiger partial charge in [0.05, 0.1) is 17.7 Å². The third-order valence-corrected chi connectivity index (χ3v) is 2.89. The minimum Gasteiger partial charge on any atom is -0.493 e. The molecule has 1 aromatic carbocycles. The van der Waals surface area contributed by atoms with Gasteiger partial charge in [0, 0.05) is 18.2 Å². The summed E-state index contributed by atoms with van der Waals surface area (Å²) in [6.45, 7) is 0.386. The molecule has 0 aliphatic carbocycles. The Labute approximate surface area is 116 Å². The van der Waals surface area contributed by atoms with Gasteiger partial charge in [0.25, 0.3) is 0 Å². The van der Waals surface area contributed by atoms with Gasteiger partial charge in [-0.3, -0.25) is 0 Å². The van der Waals surface area contributed by atoms with E-state index in [-0.39, 0.29) is 5.82 Å². The van der Waals surface area contributed by atoms with Gasteiger partial charge in [-0.25, -0.2) is 4.98 Å². The third kappa shape index (κ3) is 3.84. The molecule has 0 fully saturated rings. The van der Waals surface area contributed by atoms with Crippen molar-refractivity contribution in [2.45, 2.75) is 12.5 Å². The summed E-state index contributed by atoms with van der Waals surface area (Å²) in [4.78, 5) is 3.91. The number of pyridine rings is 1. The number of hydrogen-bond donors (Lipinski definition) is 2. The number of hydrogen-bond acceptors (Lipinski definition) is 4. The van der Waals surface area contributed by atoms with Gasteiger partial charge in [-0.15, -0.1) is 0 Å². The van der Waals surface area contributed by atoms with Crippen molar-refractivity contribution >= 4 is 17.4 Å².